The van der Waals surface area contributed by atoms with Crippen molar-refractivity contribution in [3.8, 4) is 0 Å². The molecule has 3 heterocycles. The average Bonchev–Trinajstić information content (AvgIpc) is 2.77. The molecule has 4 rings (SSSR count). The van der Waals surface area contributed by atoms with Crippen LogP contribution in [0.5, 0.6) is 0 Å². The van der Waals surface area contributed by atoms with Gasteiger partial charge in [0.05, 0.1) is 16.8 Å². The number of nitrogens with zero attached hydrogens (tertiary/aromatic N) is 3. The number of carbonyl (C=O) groups is 1. The van der Waals surface area contributed by atoms with E-state index in [1.807, 2.05) is 30.3 Å². The first-order valence-electron chi connectivity index (χ1n) is 9.82. The summed E-state index contributed by atoms with van der Waals surface area (Å²) in [6, 6.07) is 12.9. The third-order valence-corrected chi connectivity index (χ3v) is 5.40. The summed E-state index contributed by atoms with van der Waals surface area (Å²) >= 11 is 0. The van der Waals surface area contributed by atoms with E-state index in [-0.39, 0.29) is 12.5 Å². The molecule has 2 aromatic heterocycles. The predicted octanol–water partition coefficient (Wildman–Crippen LogP) is 1.85. The molecular weight excluding hydrogens is 366 g/mol. The molecule has 7 heteroatoms. The first-order chi connectivity index (χ1) is 14.1. The van der Waals surface area contributed by atoms with Crippen LogP contribution >= 0.6 is 0 Å². The molecule has 29 heavy (non-hydrogen) atoms. The zero-order valence-corrected chi connectivity index (χ0v) is 16.2. The molecule has 1 atom stereocenters. The van der Waals surface area contributed by atoms with Crippen molar-refractivity contribution in [1.82, 2.24) is 15.3 Å². The van der Waals surface area contributed by atoms with Gasteiger partial charge in [-0.15, -0.1) is 0 Å². The Morgan fingerprint density at radius 1 is 1.17 bits per heavy atom. The quantitative estimate of drug-likeness (QED) is 0.613. The highest BCUT2D eigenvalue weighted by molar-refractivity contribution is 5.94. The molecular formula is C22H25N5O2. The number of anilines is 1. The Balaban J connectivity index is 1.46. The Hall–Kier alpha value is -3.03. The van der Waals surface area contributed by atoms with Gasteiger partial charge < -0.3 is 21.1 Å². The maximum atomic E-state index is 12.5. The smallest absolute Gasteiger partial charge is 0.251 e. The van der Waals surface area contributed by atoms with E-state index in [0.717, 1.165) is 35.2 Å². The number of benzene rings is 1. The molecule has 1 fully saturated rings. The zero-order chi connectivity index (χ0) is 20.3. The lowest BCUT2D eigenvalue weighted by molar-refractivity contribution is 0.0257. The first-order valence-corrected chi connectivity index (χ1v) is 9.82. The SMILES string of the molecule is NCc1ccc(C(=O)NCC2(O)CCCN(c3ccnc4cccnc34)C2)cc1. The summed E-state index contributed by atoms with van der Waals surface area (Å²) in [6.45, 7) is 1.88. The van der Waals surface area contributed by atoms with E-state index in [1.165, 1.54) is 0 Å². The van der Waals surface area contributed by atoms with Crippen LogP contribution in [0.3, 0.4) is 0 Å². The fourth-order valence-electron chi connectivity index (χ4n) is 3.82. The molecule has 1 saturated heterocycles. The Morgan fingerprint density at radius 2 is 2.00 bits per heavy atom. The Kier molecular flexibility index (Phi) is 5.42. The number of pyridine rings is 2. The standard InChI is InChI=1S/C22H25N5O2/c23-13-16-4-6-17(7-5-16)21(28)26-14-22(29)9-2-12-27(15-22)19-8-11-24-18-3-1-10-25-20(18)19/h1,3-8,10-11,29H,2,9,12-15,23H2,(H,26,28). The average molecular weight is 391 g/mol. The second-order valence-corrected chi connectivity index (χ2v) is 7.53. The van der Waals surface area contributed by atoms with Crippen molar-refractivity contribution in [3.63, 3.8) is 0 Å². The number of fused-ring (bicyclic) bond motifs is 1. The number of hydrogen-bond donors (Lipinski definition) is 3. The van der Waals surface area contributed by atoms with Crippen LogP contribution < -0.4 is 16.0 Å². The van der Waals surface area contributed by atoms with Crippen LogP contribution in [0.2, 0.25) is 0 Å². The normalized spacial score (nSPS) is 19.3. The number of aromatic nitrogens is 2. The largest absolute Gasteiger partial charge is 0.386 e. The van der Waals surface area contributed by atoms with Crippen molar-refractivity contribution in [2.45, 2.75) is 25.0 Å². The van der Waals surface area contributed by atoms with Gasteiger partial charge in [0.15, 0.2) is 0 Å². The second-order valence-electron chi connectivity index (χ2n) is 7.53. The van der Waals surface area contributed by atoms with Crippen LogP contribution in [-0.2, 0) is 6.54 Å². The van der Waals surface area contributed by atoms with Gasteiger partial charge in [-0.2, -0.15) is 0 Å². The summed E-state index contributed by atoms with van der Waals surface area (Å²) in [5.41, 5.74) is 8.73. The van der Waals surface area contributed by atoms with Crippen molar-refractivity contribution < 1.29 is 9.90 Å². The van der Waals surface area contributed by atoms with Gasteiger partial charge in [-0.05, 0) is 48.7 Å². The number of hydrogen-bond acceptors (Lipinski definition) is 6. The highest BCUT2D eigenvalue weighted by Crippen LogP contribution is 2.29. The van der Waals surface area contributed by atoms with Gasteiger partial charge in [-0.1, -0.05) is 12.1 Å². The van der Waals surface area contributed by atoms with Gasteiger partial charge in [-0.3, -0.25) is 14.8 Å². The summed E-state index contributed by atoms with van der Waals surface area (Å²) in [5.74, 6) is -0.199. The molecule has 0 spiro atoms. The van der Waals surface area contributed by atoms with Crippen molar-refractivity contribution >= 4 is 22.6 Å². The highest BCUT2D eigenvalue weighted by Gasteiger charge is 2.34. The molecule has 1 aromatic carbocycles. The van der Waals surface area contributed by atoms with Crippen molar-refractivity contribution in [2.75, 3.05) is 24.5 Å². The van der Waals surface area contributed by atoms with Crippen LogP contribution in [0, 0.1) is 0 Å². The number of piperidine rings is 1. The van der Waals surface area contributed by atoms with E-state index >= 15 is 0 Å². The molecule has 7 nitrogen and oxygen atoms in total. The molecule has 3 aromatic rings. The topological polar surface area (TPSA) is 104 Å². The number of nitrogens with two attached hydrogens (primary N) is 1. The minimum atomic E-state index is -1.00. The lowest BCUT2D eigenvalue weighted by Crippen LogP contribution is -2.54. The van der Waals surface area contributed by atoms with E-state index in [0.29, 0.717) is 25.1 Å². The third kappa shape index (κ3) is 4.21. The van der Waals surface area contributed by atoms with Crippen LogP contribution in [0.15, 0.2) is 54.9 Å². The molecule has 0 radical (unpaired) electrons. The Morgan fingerprint density at radius 3 is 2.79 bits per heavy atom. The second kappa shape index (κ2) is 8.14. The van der Waals surface area contributed by atoms with E-state index in [2.05, 4.69) is 20.2 Å². The van der Waals surface area contributed by atoms with E-state index in [1.54, 1.807) is 24.5 Å². The minimum absolute atomic E-state index is 0.192. The predicted molar refractivity (Wildman–Crippen MR) is 113 cm³/mol. The molecule has 150 valence electrons. The number of rotatable bonds is 5. The molecule has 4 N–H and O–H groups in total. The van der Waals surface area contributed by atoms with Crippen molar-refractivity contribution in [1.29, 1.82) is 0 Å². The van der Waals surface area contributed by atoms with Crippen molar-refractivity contribution in [2.24, 2.45) is 5.73 Å². The number of amides is 1. The van der Waals surface area contributed by atoms with Crippen molar-refractivity contribution in [3.05, 3.63) is 66.0 Å². The monoisotopic (exact) mass is 391 g/mol. The van der Waals surface area contributed by atoms with E-state index in [9.17, 15) is 9.90 Å². The van der Waals surface area contributed by atoms with Crippen LogP contribution in [0.4, 0.5) is 5.69 Å². The number of nitrogens with one attached hydrogen (secondary N) is 1. The Bertz CT molecular complexity index is 1000. The minimum Gasteiger partial charge on any atom is -0.386 e. The van der Waals surface area contributed by atoms with Gasteiger partial charge in [0.25, 0.3) is 5.91 Å². The van der Waals surface area contributed by atoms with E-state index < -0.39 is 5.60 Å². The fourth-order valence-corrected chi connectivity index (χ4v) is 3.82. The molecule has 1 unspecified atom stereocenters. The van der Waals surface area contributed by atoms with Gasteiger partial charge in [0, 0.05) is 44.1 Å². The maximum absolute atomic E-state index is 12.5. The molecule has 1 aliphatic rings. The molecule has 0 saturated carbocycles. The number of β-amino-alcohol motifs (C(OH)–C–C–N with tert-alkyl or cyclic N) is 1. The van der Waals surface area contributed by atoms with Gasteiger partial charge in [0.1, 0.15) is 5.52 Å². The summed E-state index contributed by atoms with van der Waals surface area (Å²) in [6.07, 6.45) is 4.97. The summed E-state index contributed by atoms with van der Waals surface area (Å²) in [5, 5.41) is 14.0. The van der Waals surface area contributed by atoms with Gasteiger partial charge >= 0.3 is 0 Å². The van der Waals surface area contributed by atoms with Crippen LogP contribution in [0.25, 0.3) is 11.0 Å². The number of aliphatic hydroxyl groups is 1. The Labute approximate surface area is 169 Å². The van der Waals surface area contributed by atoms with Crippen LogP contribution in [-0.4, -0.2) is 46.2 Å². The number of carbonyl (C=O) groups excluding carboxylic acids is 1. The molecule has 1 aliphatic heterocycles. The highest BCUT2D eigenvalue weighted by atomic mass is 16.3. The molecule has 1 amide bonds. The zero-order valence-electron chi connectivity index (χ0n) is 16.2. The maximum Gasteiger partial charge on any atom is 0.251 e. The summed E-state index contributed by atoms with van der Waals surface area (Å²) in [7, 11) is 0. The van der Waals surface area contributed by atoms with E-state index in [4.69, 9.17) is 5.73 Å². The van der Waals surface area contributed by atoms with Gasteiger partial charge in [-0.25, -0.2) is 0 Å². The molecule has 0 aliphatic carbocycles. The lowest BCUT2D eigenvalue weighted by Gasteiger charge is -2.40. The van der Waals surface area contributed by atoms with Crippen LogP contribution in [0.1, 0.15) is 28.8 Å². The van der Waals surface area contributed by atoms with Gasteiger partial charge in [0.2, 0.25) is 0 Å². The summed E-state index contributed by atoms with van der Waals surface area (Å²) < 4.78 is 0. The third-order valence-electron chi connectivity index (χ3n) is 5.40. The molecule has 0 bridgehead atoms. The lowest BCUT2D eigenvalue weighted by atomic mass is 9.92. The fraction of sp³-hybridized carbons (Fsp3) is 0.318. The first kappa shape index (κ1) is 19.3. The summed E-state index contributed by atoms with van der Waals surface area (Å²) in [4.78, 5) is 23.4.